The molecule has 0 aliphatic rings. The molecule has 1 aromatic rings. The maximum absolute atomic E-state index is 5.53. The van der Waals surface area contributed by atoms with Gasteiger partial charge in [-0.15, -0.1) is 0 Å². The van der Waals surface area contributed by atoms with E-state index in [9.17, 15) is 0 Å². The quantitative estimate of drug-likeness (QED) is 0.813. The minimum Gasteiger partial charge on any atom is -0.476 e. The van der Waals surface area contributed by atoms with Crippen LogP contribution in [0.5, 0.6) is 5.88 Å². The molecule has 0 unspecified atom stereocenters. The fraction of sp³-hybridized carbons (Fsp3) is 0.545. The van der Waals surface area contributed by atoms with Crippen LogP contribution in [0.4, 0.5) is 0 Å². The van der Waals surface area contributed by atoms with Gasteiger partial charge in [0.2, 0.25) is 5.88 Å². The van der Waals surface area contributed by atoms with Crippen molar-refractivity contribution in [2.24, 2.45) is 11.1 Å². The molecule has 1 heterocycles. The molecule has 0 saturated heterocycles. The molecule has 4 nitrogen and oxygen atoms in total. The fourth-order valence-corrected chi connectivity index (χ4v) is 1.19. The van der Waals surface area contributed by atoms with E-state index in [1.54, 1.807) is 12.4 Å². The van der Waals surface area contributed by atoms with Crippen molar-refractivity contribution >= 4 is 17.2 Å². The van der Waals surface area contributed by atoms with Crippen LogP contribution in [0.25, 0.3) is 0 Å². The number of nitrogens with two attached hydrogens (primary N) is 1. The zero-order valence-electron chi connectivity index (χ0n) is 9.86. The predicted octanol–water partition coefficient (Wildman–Crippen LogP) is 1.93. The molecule has 5 heteroatoms. The minimum atomic E-state index is 0.207. The number of nitrogens with zero attached hydrogens (tertiary/aromatic N) is 2. The molecule has 0 atom stereocenters. The van der Waals surface area contributed by atoms with E-state index in [2.05, 4.69) is 30.7 Å². The van der Waals surface area contributed by atoms with Gasteiger partial charge in [0.05, 0.1) is 6.61 Å². The van der Waals surface area contributed by atoms with Crippen molar-refractivity contribution in [2.75, 3.05) is 6.61 Å². The minimum absolute atomic E-state index is 0.207. The Morgan fingerprint density at radius 3 is 2.56 bits per heavy atom. The molecule has 0 aromatic carbocycles. The topological polar surface area (TPSA) is 61.0 Å². The van der Waals surface area contributed by atoms with Crippen LogP contribution in [0.15, 0.2) is 12.4 Å². The van der Waals surface area contributed by atoms with E-state index >= 15 is 0 Å². The summed E-state index contributed by atoms with van der Waals surface area (Å²) in [6.45, 7) is 7.04. The summed E-state index contributed by atoms with van der Waals surface area (Å²) in [7, 11) is 0. The van der Waals surface area contributed by atoms with Crippen LogP contribution in [0.2, 0.25) is 0 Å². The summed E-state index contributed by atoms with van der Waals surface area (Å²) in [6.07, 6.45) is 4.04. The summed E-state index contributed by atoms with van der Waals surface area (Å²) < 4.78 is 5.53. The van der Waals surface area contributed by atoms with Crippen LogP contribution in [-0.2, 0) is 0 Å². The Morgan fingerprint density at radius 1 is 1.38 bits per heavy atom. The van der Waals surface area contributed by atoms with Gasteiger partial charge in [-0.3, -0.25) is 0 Å². The van der Waals surface area contributed by atoms with Gasteiger partial charge in [-0.2, -0.15) is 0 Å². The lowest BCUT2D eigenvalue weighted by atomic mass is 9.93. The van der Waals surface area contributed by atoms with Crippen molar-refractivity contribution in [1.82, 2.24) is 9.97 Å². The van der Waals surface area contributed by atoms with E-state index < -0.39 is 0 Å². The Balaban J connectivity index is 2.64. The monoisotopic (exact) mass is 239 g/mol. The molecule has 1 aromatic heterocycles. The second-order valence-corrected chi connectivity index (χ2v) is 5.17. The third-order valence-electron chi connectivity index (χ3n) is 1.99. The summed E-state index contributed by atoms with van der Waals surface area (Å²) in [5.41, 5.74) is 6.20. The van der Waals surface area contributed by atoms with Crippen molar-refractivity contribution in [3.63, 3.8) is 0 Å². The highest BCUT2D eigenvalue weighted by Gasteiger charge is 2.13. The molecule has 0 bridgehead atoms. The first-order chi connectivity index (χ1) is 7.40. The van der Waals surface area contributed by atoms with Crippen LogP contribution in [0.3, 0.4) is 0 Å². The number of aromatic nitrogens is 2. The van der Waals surface area contributed by atoms with Gasteiger partial charge in [0.15, 0.2) is 5.69 Å². The van der Waals surface area contributed by atoms with Crippen molar-refractivity contribution in [2.45, 2.75) is 27.2 Å². The van der Waals surface area contributed by atoms with Crippen LogP contribution < -0.4 is 10.5 Å². The molecular formula is C11H17N3OS. The number of ether oxygens (including phenoxy) is 1. The third-order valence-corrected chi connectivity index (χ3v) is 2.18. The molecule has 0 amide bonds. The average Bonchev–Trinajstić information content (AvgIpc) is 2.16. The highest BCUT2D eigenvalue weighted by Crippen LogP contribution is 2.19. The van der Waals surface area contributed by atoms with Crippen LogP contribution >= 0.6 is 12.2 Å². The first-order valence-electron chi connectivity index (χ1n) is 5.14. The molecule has 0 radical (unpaired) electrons. The van der Waals surface area contributed by atoms with Gasteiger partial charge >= 0.3 is 0 Å². The van der Waals surface area contributed by atoms with Gasteiger partial charge < -0.3 is 10.5 Å². The van der Waals surface area contributed by atoms with E-state index in [1.807, 2.05) is 0 Å². The Morgan fingerprint density at radius 2 is 2.00 bits per heavy atom. The molecule has 2 N–H and O–H groups in total. The molecule has 1 rings (SSSR count). The lowest BCUT2D eigenvalue weighted by molar-refractivity contribution is 0.235. The van der Waals surface area contributed by atoms with Gasteiger partial charge in [-0.25, -0.2) is 9.97 Å². The molecule has 0 aliphatic heterocycles. The first-order valence-corrected chi connectivity index (χ1v) is 5.54. The normalized spacial score (nSPS) is 11.2. The average molecular weight is 239 g/mol. The second-order valence-electron chi connectivity index (χ2n) is 4.73. The number of hydrogen-bond acceptors (Lipinski definition) is 4. The maximum Gasteiger partial charge on any atom is 0.243 e. The standard InChI is InChI=1S/C11H17N3OS/c1-11(2,3)4-7-15-10-8(9(12)16)13-5-6-14-10/h5-6H,4,7H2,1-3H3,(H2,12,16). The summed E-state index contributed by atoms with van der Waals surface area (Å²) in [4.78, 5) is 8.31. The van der Waals surface area contributed by atoms with Crippen molar-refractivity contribution in [3.05, 3.63) is 18.1 Å². The van der Waals surface area contributed by atoms with Crippen molar-refractivity contribution in [1.29, 1.82) is 0 Å². The van der Waals surface area contributed by atoms with Gasteiger partial charge in [-0.05, 0) is 11.8 Å². The molecule has 0 saturated carbocycles. The van der Waals surface area contributed by atoms with Crippen molar-refractivity contribution in [3.8, 4) is 5.88 Å². The van der Waals surface area contributed by atoms with Crippen molar-refractivity contribution < 1.29 is 4.74 Å². The summed E-state index contributed by atoms with van der Waals surface area (Å²) >= 11 is 4.87. The zero-order chi connectivity index (χ0) is 12.2. The largest absolute Gasteiger partial charge is 0.476 e. The summed E-state index contributed by atoms with van der Waals surface area (Å²) in [5, 5.41) is 0. The highest BCUT2D eigenvalue weighted by molar-refractivity contribution is 7.80. The lowest BCUT2D eigenvalue weighted by Crippen LogP contribution is -2.17. The van der Waals surface area contributed by atoms with Crippen LogP contribution in [0, 0.1) is 5.41 Å². The van der Waals surface area contributed by atoms with E-state index in [0.717, 1.165) is 6.42 Å². The number of rotatable bonds is 4. The molecule has 0 spiro atoms. The Bertz CT molecular complexity index is 374. The first kappa shape index (κ1) is 12.8. The van der Waals surface area contributed by atoms with Gasteiger partial charge in [0, 0.05) is 12.4 Å². The third kappa shape index (κ3) is 4.10. The van der Waals surface area contributed by atoms with Gasteiger partial charge in [-0.1, -0.05) is 33.0 Å². The predicted molar refractivity (Wildman–Crippen MR) is 67.5 cm³/mol. The molecule has 88 valence electrons. The van der Waals surface area contributed by atoms with Gasteiger partial charge in [0.1, 0.15) is 4.99 Å². The Kier molecular flexibility index (Phi) is 4.18. The van der Waals surface area contributed by atoms with E-state index in [0.29, 0.717) is 18.2 Å². The van der Waals surface area contributed by atoms with E-state index in [1.165, 1.54) is 0 Å². The van der Waals surface area contributed by atoms with E-state index in [-0.39, 0.29) is 10.4 Å². The summed E-state index contributed by atoms with van der Waals surface area (Å²) in [6, 6.07) is 0. The lowest BCUT2D eigenvalue weighted by Gasteiger charge is -2.18. The number of thiocarbonyl (C=S) groups is 1. The second kappa shape index (κ2) is 5.21. The van der Waals surface area contributed by atoms with Crippen LogP contribution in [-0.4, -0.2) is 21.6 Å². The molecule has 0 fully saturated rings. The molecule has 16 heavy (non-hydrogen) atoms. The fourth-order valence-electron chi connectivity index (χ4n) is 1.05. The molecular weight excluding hydrogens is 222 g/mol. The van der Waals surface area contributed by atoms with Gasteiger partial charge in [0.25, 0.3) is 0 Å². The zero-order valence-corrected chi connectivity index (χ0v) is 10.7. The highest BCUT2D eigenvalue weighted by atomic mass is 32.1. The van der Waals surface area contributed by atoms with E-state index in [4.69, 9.17) is 22.7 Å². The maximum atomic E-state index is 5.53. The Labute approximate surface area is 101 Å². The summed E-state index contributed by atoms with van der Waals surface area (Å²) in [5.74, 6) is 0.416. The molecule has 0 aliphatic carbocycles. The van der Waals surface area contributed by atoms with Crippen LogP contribution in [0.1, 0.15) is 32.9 Å². The SMILES string of the molecule is CC(C)(C)CCOc1nccnc1C(N)=S. The smallest absolute Gasteiger partial charge is 0.243 e. The Hall–Kier alpha value is -1.23. The number of hydrogen-bond donors (Lipinski definition) is 1.